The zero-order chi connectivity index (χ0) is 17.4. The third kappa shape index (κ3) is 5.39. The van der Waals surface area contributed by atoms with Gasteiger partial charge in [-0.1, -0.05) is 60.7 Å². The Labute approximate surface area is 141 Å². The molecule has 4 heteroatoms. The molecule has 0 radical (unpaired) electrons. The highest BCUT2D eigenvalue weighted by molar-refractivity contribution is 5.94. The Morgan fingerprint density at radius 1 is 1.00 bits per heavy atom. The van der Waals surface area contributed by atoms with Gasteiger partial charge in [0.25, 0.3) is 0 Å². The molecule has 4 nitrogen and oxygen atoms in total. The number of nitrogens with one attached hydrogen (secondary N) is 1. The lowest BCUT2D eigenvalue weighted by Crippen LogP contribution is -2.37. The molecule has 0 aliphatic heterocycles. The molecule has 0 bridgehead atoms. The van der Waals surface area contributed by atoms with Crippen LogP contribution in [0.3, 0.4) is 0 Å². The molecule has 0 aromatic heterocycles. The second-order valence-electron chi connectivity index (χ2n) is 5.68. The van der Waals surface area contributed by atoms with Crippen LogP contribution in [0.25, 0.3) is 0 Å². The molecule has 0 unspecified atom stereocenters. The summed E-state index contributed by atoms with van der Waals surface area (Å²) < 4.78 is 0. The normalized spacial score (nSPS) is 13.4. The van der Waals surface area contributed by atoms with Crippen LogP contribution >= 0.6 is 0 Å². The Bertz CT molecular complexity index is 695. The molecule has 2 atom stereocenters. The average molecular weight is 323 g/mol. The summed E-state index contributed by atoms with van der Waals surface area (Å²) in [6.45, 7) is 1.94. The summed E-state index contributed by atoms with van der Waals surface area (Å²) >= 11 is 0. The highest BCUT2D eigenvalue weighted by Crippen LogP contribution is 2.24. The highest BCUT2D eigenvalue weighted by Gasteiger charge is 2.20. The fourth-order valence-electron chi connectivity index (χ4n) is 2.67. The molecule has 0 aliphatic rings. The van der Waals surface area contributed by atoms with Gasteiger partial charge in [0, 0.05) is 24.1 Å². The maximum absolute atomic E-state index is 11.9. The first kappa shape index (κ1) is 17.5. The van der Waals surface area contributed by atoms with E-state index in [1.807, 2.05) is 55.5 Å². The molecule has 0 heterocycles. The second-order valence-corrected chi connectivity index (χ2v) is 5.68. The third-order valence-electron chi connectivity index (χ3n) is 3.88. The number of amides is 1. The molecule has 0 aliphatic carbocycles. The standard InChI is InChI=1S/C20H21NO3/c1-15(21-19(22)12-13-20(23)24)18(17-10-6-3-7-11-17)14-16-8-4-2-5-9-16/h2-13,15,18H,14H2,1H3,(H,21,22)(H,23,24)/b13-12+/t15-,18-/m1/s1. The number of carboxylic acid groups (broad SMARTS) is 1. The maximum atomic E-state index is 11.9. The number of rotatable bonds is 7. The van der Waals surface area contributed by atoms with Crippen LogP contribution in [0.4, 0.5) is 0 Å². The molecule has 124 valence electrons. The largest absolute Gasteiger partial charge is 0.478 e. The summed E-state index contributed by atoms with van der Waals surface area (Å²) in [5.74, 6) is -1.45. The minimum Gasteiger partial charge on any atom is -0.478 e. The van der Waals surface area contributed by atoms with Crippen molar-refractivity contribution in [3.8, 4) is 0 Å². The van der Waals surface area contributed by atoms with Gasteiger partial charge in [0.05, 0.1) is 0 Å². The summed E-state index contributed by atoms with van der Waals surface area (Å²) in [7, 11) is 0. The van der Waals surface area contributed by atoms with Crippen molar-refractivity contribution in [1.82, 2.24) is 5.32 Å². The van der Waals surface area contributed by atoms with E-state index in [4.69, 9.17) is 5.11 Å². The summed E-state index contributed by atoms with van der Waals surface area (Å²) in [6, 6.07) is 20.0. The van der Waals surface area contributed by atoms with Crippen LogP contribution in [-0.2, 0) is 16.0 Å². The van der Waals surface area contributed by atoms with E-state index in [1.165, 1.54) is 5.56 Å². The maximum Gasteiger partial charge on any atom is 0.328 e. The van der Waals surface area contributed by atoms with E-state index >= 15 is 0 Å². The Kier molecular flexibility index (Phi) is 6.32. The molecule has 2 aromatic rings. The van der Waals surface area contributed by atoms with Gasteiger partial charge in [-0.15, -0.1) is 0 Å². The van der Waals surface area contributed by atoms with Crippen LogP contribution in [0.15, 0.2) is 72.8 Å². The molecular formula is C20H21NO3. The van der Waals surface area contributed by atoms with Crippen molar-refractivity contribution >= 4 is 11.9 Å². The van der Waals surface area contributed by atoms with Crippen molar-refractivity contribution in [3.63, 3.8) is 0 Å². The number of hydrogen-bond donors (Lipinski definition) is 2. The number of aliphatic carboxylic acids is 1. The Morgan fingerprint density at radius 3 is 2.17 bits per heavy atom. The topological polar surface area (TPSA) is 66.4 Å². The molecule has 0 saturated carbocycles. The van der Waals surface area contributed by atoms with Gasteiger partial charge in [0.2, 0.25) is 5.91 Å². The highest BCUT2D eigenvalue weighted by atomic mass is 16.4. The van der Waals surface area contributed by atoms with Gasteiger partial charge in [-0.2, -0.15) is 0 Å². The van der Waals surface area contributed by atoms with E-state index in [0.717, 1.165) is 24.1 Å². The third-order valence-corrected chi connectivity index (χ3v) is 3.88. The Hall–Kier alpha value is -2.88. The number of carboxylic acids is 1. The smallest absolute Gasteiger partial charge is 0.328 e. The van der Waals surface area contributed by atoms with Gasteiger partial charge in [0.15, 0.2) is 0 Å². The van der Waals surface area contributed by atoms with Gasteiger partial charge in [-0.05, 0) is 24.5 Å². The van der Waals surface area contributed by atoms with Crippen molar-refractivity contribution < 1.29 is 14.7 Å². The average Bonchev–Trinajstić information content (AvgIpc) is 2.59. The van der Waals surface area contributed by atoms with E-state index in [2.05, 4.69) is 17.4 Å². The molecular weight excluding hydrogens is 302 g/mol. The quantitative estimate of drug-likeness (QED) is 0.769. The van der Waals surface area contributed by atoms with Crippen molar-refractivity contribution in [2.24, 2.45) is 0 Å². The fraction of sp³-hybridized carbons (Fsp3) is 0.200. The molecule has 24 heavy (non-hydrogen) atoms. The van der Waals surface area contributed by atoms with Gasteiger partial charge in [-0.25, -0.2) is 4.79 Å². The minimum absolute atomic E-state index is 0.0933. The van der Waals surface area contributed by atoms with Gasteiger partial charge >= 0.3 is 5.97 Å². The predicted octanol–water partition coefficient (Wildman–Crippen LogP) is 3.16. The van der Waals surface area contributed by atoms with Crippen molar-refractivity contribution in [3.05, 3.63) is 83.9 Å². The van der Waals surface area contributed by atoms with Crippen LogP contribution < -0.4 is 5.32 Å². The molecule has 0 spiro atoms. The first-order chi connectivity index (χ1) is 11.6. The predicted molar refractivity (Wildman–Crippen MR) is 93.7 cm³/mol. The molecule has 2 aromatic carbocycles. The molecule has 0 saturated heterocycles. The summed E-state index contributed by atoms with van der Waals surface area (Å²) in [6.07, 6.45) is 2.68. The van der Waals surface area contributed by atoms with E-state index in [0.29, 0.717) is 0 Å². The second kappa shape index (κ2) is 8.67. The Morgan fingerprint density at radius 2 is 1.58 bits per heavy atom. The molecule has 1 amide bonds. The summed E-state index contributed by atoms with van der Waals surface area (Å²) in [5, 5.41) is 11.5. The van der Waals surface area contributed by atoms with Gasteiger partial charge < -0.3 is 10.4 Å². The van der Waals surface area contributed by atoms with Crippen LogP contribution in [0.1, 0.15) is 24.0 Å². The number of hydrogen-bond acceptors (Lipinski definition) is 2. The minimum atomic E-state index is -1.14. The van der Waals surface area contributed by atoms with E-state index in [1.54, 1.807) is 0 Å². The first-order valence-electron chi connectivity index (χ1n) is 7.86. The number of carbonyl (C=O) groups excluding carboxylic acids is 1. The van der Waals surface area contributed by atoms with Crippen LogP contribution in [0.2, 0.25) is 0 Å². The first-order valence-corrected chi connectivity index (χ1v) is 7.86. The van der Waals surface area contributed by atoms with Crippen LogP contribution in [-0.4, -0.2) is 23.0 Å². The molecule has 2 N–H and O–H groups in total. The lowest BCUT2D eigenvalue weighted by molar-refractivity contribution is -0.131. The van der Waals surface area contributed by atoms with E-state index in [-0.39, 0.29) is 12.0 Å². The summed E-state index contributed by atoms with van der Waals surface area (Å²) in [4.78, 5) is 22.4. The lowest BCUT2D eigenvalue weighted by atomic mass is 9.86. The SMILES string of the molecule is C[C@@H](NC(=O)/C=C/C(=O)O)[C@@H](Cc1ccccc1)c1ccccc1. The van der Waals surface area contributed by atoms with Crippen LogP contribution in [0.5, 0.6) is 0 Å². The van der Waals surface area contributed by atoms with Crippen molar-refractivity contribution in [1.29, 1.82) is 0 Å². The number of carbonyl (C=O) groups is 2. The molecule has 0 fully saturated rings. The van der Waals surface area contributed by atoms with Gasteiger partial charge in [-0.3, -0.25) is 4.79 Å². The Balaban J connectivity index is 2.16. The van der Waals surface area contributed by atoms with Crippen molar-refractivity contribution in [2.75, 3.05) is 0 Å². The van der Waals surface area contributed by atoms with Crippen LogP contribution in [0, 0.1) is 0 Å². The lowest BCUT2D eigenvalue weighted by Gasteiger charge is -2.25. The summed E-state index contributed by atoms with van der Waals surface area (Å²) in [5.41, 5.74) is 2.32. The van der Waals surface area contributed by atoms with E-state index < -0.39 is 11.9 Å². The zero-order valence-electron chi connectivity index (χ0n) is 13.6. The van der Waals surface area contributed by atoms with Gasteiger partial charge in [0.1, 0.15) is 0 Å². The molecule has 2 rings (SSSR count). The van der Waals surface area contributed by atoms with E-state index in [9.17, 15) is 9.59 Å². The monoisotopic (exact) mass is 323 g/mol. The fourth-order valence-corrected chi connectivity index (χ4v) is 2.67. The van der Waals surface area contributed by atoms with Crippen molar-refractivity contribution in [2.45, 2.75) is 25.3 Å². The number of benzene rings is 2. The zero-order valence-corrected chi connectivity index (χ0v) is 13.6.